The molecule has 2 saturated heterocycles. The summed E-state index contributed by atoms with van der Waals surface area (Å²) < 4.78 is 10.3. The Labute approximate surface area is 285 Å². The molecule has 2 heterocycles. The van der Waals surface area contributed by atoms with E-state index in [0.717, 1.165) is 25.1 Å². The number of ether oxygens (including phenoxy) is 2. The molecule has 0 amide bonds. The maximum Gasteiger partial charge on any atom is 0.345 e. The SMILES string of the molecule is O=C(CN1CCN2CCN(CC(=O)OC(=O)c3ccccc3)CCN(CC1)CC(Cc1ccc([N+](=O)[O-])cc1)C2)OC(=O)c1ccccc1. The first kappa shape index (κ1) is 35.5. The molecule has 0 N–H and O–H groups in total. The summed E-state index contributed by atoms with van der Waals surface area (Å²) in [7, 11) is 0. The third-order valence-corrected chi connectivity index (χ3v) is 8.77. The van der Waals surface area contributed by atoms with Crippen molar-refractivity contribution in [2.24, 2.45) is 5.92 Å². The Morgan fingerprint density at radius 3 is 1.41 bits per heavy atom. The van der Waals surface area contributed by atoms with Gasteiger partial charge >= 0.3 is 23.9 Å². The number of nitrogens with zero attached hydrogens (tertiary/aromatic N) is 5. The fourth-order valence-electron chi connectivity index (χ4n) is 6.17. The van der Waals surface area contributed by atoms with E-state index in [0.29, 0.717) is 63.5 Å². The average Bonchev–Trinajstić information content (AvgIpc) is 3.10. The van der Waals surface area contributed by atoms with Crippen molar-refractivity contribution in [2.75, 3.05) is 78.5 Å². The van der Waals surface area contributed by atoms with Crippen LogP contribution in [0.25, 0.3) is 0 Å². The van der Waals surface area contributed by atoms with Crippen LogP contribution in [0.4, 0.5) is 5.69 Å². The second-order valence-corrected chi connectivity index (χ2v) is 12.4. The molecular weight excluding hydrogens is 630 g/mol. The van der Waals surface area contributed by atoms with Crippen LogP contribution in [0.5, 0.6) is 0 Å². The van der Waals surface area contributed by atoms with Crippen molar-refractivity contribution in [1.29, 1.82) is 0 Å². The van der Waals surface area contributed by atoms with Gasteiger partial charge in [0.25, 0.3) is 5.69 Å². The lowest BCUT2D eigenvalue weighted by Crippen LogP contribution is -2.52. The second kappa shape index (κ2) is 17.5. The van der Waals surface area contributed by atoms with Crippen molar-refractivity contribution in [3.05, 3.63) is 112 Å². The number of nitro groups is 1. The lowest BCUT2D eigenvalue weighted by Gasteiger charge is -2.39. The number of hydrogen-bond donors (Lipinski definition) is 0. The number of carbonyl (C=O) groups is 4. The molecule has 0 radical (unpaired) electrons. The molecule has 2 fully saturated rings. The largest absolute Gasteiger partial charge is 0.388 e. The van der Waals surface area contributed by atoms with Gasteiger partial charge in [-0.15, -0.1) is 0 Å². The Bertz CT molecular complexity index is 1480. The molecule has 3 aromatic rings. The van der Waals surface area contributed by atoms with Gasteiger partial charge in [-0.1, -0.05) is 48.5 Å². The van der Waals surface area contributed by atoms with E-state index in [9.17, 15) is 29.3 Å². The molecule has 13 nitrogen and oxygen atoms in total. The maximum atomic E-state index is 12.8. The predicted octanol–water partition coefficient (Wildman–Crippen LogP) is 2.76. The molecule has 0 aromatic heterocycles. The lowest BCUT2D eigenvalue weighted by molar-refractivity contribution is -0.384. The molecule has 13 heteroatoms. The third kappa shape index (κ3) is 11.1. The highest BCUT2D eigenvalue weighted by atomic mass is 16.6. The fourth-order valence-corrected chi connectivity index (χ4v) is 6.17. The van der Waals surface area contributed by atoms with Crippen LogP contribution in [-0.4, -0.2) is 127 Å². The number of esters is 4. The van der Waals surface area contributed by atoms with E-state index < -0.39 is 28.8 Å². The molecule has 258 valence electrons. The molecule has 0 spiro atoms. The molecule has 0 saturated carbocycles. The molecule has 2 bridgehead atoms. The Hall–Kier alpha value is -4.82. The highest BCUT2D eigenvalue weighted by molar-refractivity contribution is 5.97. The summed E-state index contributed by atoms with van der Waals surface area (Å²) in [6.45, 7) is 6.12. The first-order chi connectivity index (χ1) is 23.7. The van der Waals surface area contributed by atoms with Crippen LogP contribution in [0.3, 0.4) is 0 Å². The monoisotopic (exact) mass is 671 g/mol. The van der Waals surface area contributed by atoms with Crippen LogP contribution in [0, 0.1) is 16.0 Å². The number of non-ortho nitro benzene ring substituents is 1. The number of rotatable bonds is 9. The van der Waals surface area contributed by atoms with Crippen molar-refractivity contribution >= 4 is 29.6 Å². The minimum Gasteiger partial charge on any atom is -0.388 e. The second-order valence-electron chi connectivity index (χ2n) is 12.4. The normalized spacial score (nSPS) is 20.6. The summed E-state index contributed by atoms with van der Waals surface area (Å²) >= 11 is 0. The highest BCUT2D eigenvalue weighted by Crippen LogP contribution is 2.19. The van der Waals surface area contributed by atoms with Crippen molar-refractivity contribution in [1.82, 2.24) is 19.6 Å². The summed E-state index contributed by atoms with van der Waals surface area (Å²) in [4.78, 5) is 70.0. The van der Waals surface area contributed by atoms with Crippen LogP contribution in [0.1, 0.15) is 26.3 Å². The summed E-state index contributed by atoms with van der Waals surface area (Å²) in [6, 6.07) is 23.5. The summed E-state index contributed by atoms with van der Waals surface area (Å²) in [5.74, 6) is -2.35. The van der Waals surface area contributed by atoms with Gasteiger partial charge in [0, 0.05) is 77.6 Å². The Morgan fingerprint density at radius 1 is 0.612 bits per heavy atom. The van der Waals surface area contributed by atoms with Gasteiger partial charge in [0.1, 0.15) is 0 Å². The predicted molar refractivity (Wildman–Crippen MR) is 180 cm³/mol. The zero-order chi connectivity index (χ0) is 34.6. The highest BCUT2D eigenvalue weighted by Gasteiger charge is 2.27. The van der Waals surface area contributed by atoms with Gasteiger partial charge in [-0.05, 0) is 42.2 Å². The number of benzene rings is 3. The van der Waals surface area contributed by atoms with Crippen molar-refractivity contribution in [3.8, 4) is 0 Å². The first-order valence-electron chi connectivity index (χ1n) is 16.4. The zero-order valence-electron chi connectivity index (χ0n) is 27.4. The van der Waals surface area contributed by atoms with E-state index in [1.54, 1.807) is 60.7 Å². The first-order valence-corrected chi connectivity index (χ1v) is 16.4. The van der Waals surface area contributed by atoms with E-state index in [-0.39, 0.29) is 24.7 Å². The van der Waals surface area contributed by atoms with Gasteiger partial charge < -0.3 is 19.3 Å². The number of fused-ring (bicyclic) bond motifs is 4. The van der Waals surface area contributed by atoms with Gasteiger partial charge in [-0.2, -0.15) is 0 Å². The van der Waals surface area contributed by atoms with Crippen LogP contribution in [-0.2, 0) is 25.5 Å². The van der Waals surface area contributed by atoms with Crippen LogP contribution < -0.4 is 0 Å². The Balaban J connectivity index is 1.25. The summed E-state index contributed by atoms with van der Waals surface area (Å²) in [6.07, 6.45) is 0.736. The van der Waals surface area contributed by atoms with Gasteiger partial charge in [0.2, 0.25) is 0 Å². The molecule has 3 aromatic carbocycles. The summed E-state index contributed by atoms with van der Waals surface area (Å²) in [5, 5.41) is 11.2. The smallest absolute Gasteiger partial charge is 0.345 e. The van der Waals surface area contributed by atoms with Gasteiger partial charge in [0.05, 0.1) is 29.1 Å². The molecule has 2 aliphatic rings. The van der Waals surface area contributed by atoms with E-state index in [1.165, 1.54) is 12.1 Å². The fraction of sp³-hybridized carbons (Fsp3) is 0.389. The minimum atomic E-state index is -0.678. The Morgan fingerprint density at radius 2 is 1.02 bits per heavy atom. The lowest BCUT2D eigenvalue weighted by atomic mass is 9.97. The van der Waals surface area contributed by atoms with Gasteiger partial charge in [-0.25, -0.2) is 9.59 Å². The topological polar surface area (TPSA) is 143 Å². The van der Waals surface area contributed by atoms with Crippen LogP contribution in [0.2, 0.25) is 0 Å². The van der Waals surface area contributed by atoms with E-state index in [4.69, 9.17) is 9.47 Å². The molecule has 0 unspecified atom stereocenters. The third-order valence-electron chi connectivity index (χ3n) is 8.77. The van der Waals surface area contributed by atoms with E-state index in [2.05, 4.69) is 9.80 Å². The minimum absolute atomic E-state index is 0.0279. The summed E-state index contributed by atoms with van der Waals surface area (Å²) in [5.41, 5.74) is 1.70. The Kier molecular flexibility index (Phi) is 12.7. The van der Waals surface area contributed by atoms with Crippen LogP contribution in [0.15, 0.2) is 84.9 Å². The number of carbonyl (C=O) groups excluding carboxylic acids is 4. The molecule has 2 aliphatic heterocycles. The quantitative estimate of drug-likeness (QED) is 0.143. The molecule has 5 rings (SSSR count). The van der Waals surface area contributed by atoms with Crippen molar-refractivity contribution in [2.45, 2.75) is 6.42 Å². The molecule has 0 aliphatic carbocycles. The van der Waals surface area contributed by atoms with Crippen molar-refractivity contribution in [3.63, 3.8) is 0 Å². The zero-order valence-corrected chi connectivity index (χ0v) is 27.4. The molecule has 49 heavy (non-hydrogen) atoms. The van der Waals surface area contributed by atoms with Gasteiger partial charge in [0.15, 0.2) is 0 Å². The standard InChI is InChI=1S/C36H41N5O8/c42-33(48-35(44)30-7-3-1-4-8-30)26-39-19-15-37-17-21-40(27-34(43)49-36(45)31-9-5-2-6-10-31)22-18-38(16-20-39)25-29(24-37)23-28-11-13-32(14-12-28)41(46)47/h1-14,29H,15-27H2. The average molecular weight is 672 g/mol. The van der Waals surface area contributed by atoms with Crippen LogP contribution >= 0.6 is 0 Å². The number of hydrogen-bond acceptors (Lipinski definition) is 12. The molecule has 0 atom stereocenters. The maximum absolute atomic E-state index is 12.8. The van der Waals surface area contributed by atoms with Gasteiger partial charge in [-0.3, -0.25) is 29.5 Å². The van der Waals surface area contributed by atoms with E-state index >= 15 is 0 Å². The molecular formula is C36H41N5O8. The van der Waals surface area contributed by atoms with Crippen molar-refractivity contribution < 1.29 is 33.6 Å². The number of nitro benzene ring substituents is 1. The van der Waals surface area contributed by atoms with E-state index in [1.807, 2.05) is 21.9 Å².